The smallest absolute Gasteiger partial charge is 0.409 e. The molecule has 1 heterocycles. The van der Waals surface area contributed by atoms with Crippen LogP contribution in [0.5, 0.6) is 0 Å². The van der Waals surface area contributed by atoms with Gasteiger partial charge in [0.25, 0.3) is 0 Å². The number of carbonyl (C=O) groups excluding carboxylic acids is 1. The van der Waals surface area contributed by atoms with Crippen LogP contribution < -0.4 is 5.32 Å². The maximum atomic E-state index is 12.6. The second-order valence-corrected chi connectivity index (χ2v) is 12.4. The zero-order valence-corrected chi connectivity index (χ0v) is 31.0. The molecule has 0 bridgehead atoms. The number of ether oxygens (including phenoxy) is 10. The van der Waals surface area contributed by atoms with E-state index < -0.39 is 0 Å². The molecular formula is C39H60N2O11. The topological polar surface area (TPSA) is 125 Å². The van der Waals surface area contributed by atoms with E-state index in [9.17, 15) is 4.79 Å². The Bertz CT molecular complexity index is 1170. The number of rotatable bonds is 30. The summed E-state index contributed by atoms with van der Waals surface area (Å²) in [4.78, 5) is 14.1. The fourth-order valence-electron chi connectivity index (χ4n) is 5.87. The maximum Gasteiger partial charge on any atom is 0.409 e. The quantitative estimate of drug-likeness (QED) is 0.118. The van der Waals surface area contributed by atoms with Gasteiger partial charge in [0, 0.05) is 19.5 Å². The standard InChI is InChI=1S/C39H60N2O11/c1-41(39(42)52-32-38-36-8-4-2-6-34(36)35-7-3-5-9-37(35)38)14-15-43-16-17-44-18-19-45-20-21-46-22-23-47-24-25-48-26-27-49-28-29-50-30-31-51-33-10-12-40-13-11-33/h2-9,33,38,40H,10-32H2,1H3. The first kappa shape index (κ1) is 42.1. The van der Waals surface area contributed by atoms with Crippen molar-refractivity contribution in [3.8, 4) is 11.1 Å². The van der Waals surface area contributed by atoms with E-state index in [1.165, 1.54) is 27.2 Å². The monoisotopic (exact) mass is 732 g/mol. The summed E-state index contributed by atoms with van der Waals surface area (Å²) in [5, 5.41) is 3.33. The van der Waals surface area contributed by atoms with Crippen molar-refractivity contribution in [3.05, 3.63) is 59.7 Å². The first-order chi connectivity index (χ1) is 25.7. The molecule has 0 unspecified atom stereocenters. The summed E-state index contributed by atoms with van der Waals surface area (Å²) in [6.07, 6.45) is 2.16. The van der Waals surface area contributed by atoms with E-state index >= 15 is 0 Å². The Labute approximate surface area is 309 Å². The van der Waals surface area contributed by atoms with Gasteiger partial charge in [-0.05, 0) is 48.2 Å². The summed E-state index contributed by atoms with van der Waals surface area (Å²) >= 11 is 0. The molecule has 4 rings (SSSR count). The van der Waals surface area contributed by atoms with Crippen LogP contribution in [0.3, 0.4) is 0 Å². The van der Waals surface area contributed by atoms with Crippen molar-refractivity contribution >= 4 is 6.09 Å². The number of hydrogen-bond acceptors (Lipinski definition) is 12. The van der Waals surface area contributed by atoms with Crippen LogP contribution in [0.2, 0.25) is 0 Å². The second kappa shape index (κ2) is 27.0. The predicted octanol–water partition coefficient (Wildman–Crippen LogP) is 3.77. The number of hydrogen-bond donors (Lipinski definition) is 1. The van der Waals surface area contributed by atoms with E-state index in [0.29, 0.717) is 132 Å². The number of nitrogens with one attached hydrogen (secondary N) is 1. The summed E-state index contributed by atoms with van der Waals surface area (Å²) in [6, 6.07) is 16.6. The second-order valence-electron chi connectivity index (χ2n) is 12.4. The van der Waals surface area contributed by atoms with E-state index in [0.717, 1.165) is 25.9 Å². The average molecular weight is 733 g/mol. The molecule has 0 saturated carbocycles. The Morgan fingerprint density at radius 3 is 1.40 bits per heavy atom. The van der Waals surface area contributed by atoms with Crippen molar-refractivity contribution in [2.24, 2.45) is 0 Å². The van der Waals surface area contributed by atoms with Crippen LogP contribution in [-0.4, -0.2) is 163 Å². The molecule has 0 atom stereocenters. The number of amides is 1. The summed E-state index contributed by atoms with van der Waals surface area (Å²) in [6.45, 7) is 11.4. The van der Waals surface area contributed by atoms with Gasteiger partial charge in [-0.15, -0.1) is 0 Å². The SMILES string of the molecule is CN(CCOCCOCCOCCOCCOCCOCCOCCOCCOC1CCNCC1)C(=O)OCC1c2ccccc2-c2ccccc21. The molecule has 13 heteroatoms. The number of benzene rings is 2. The average Bonchev–Trinajstić information content (AvgIpc) is 3.50. The molecule has 1 N–H and O–H groups in total. The highest BCUT2D eigenvalue weighted by Gasteiger charge is 2.29. The number of fused-ring (bicyclic) bond motifs is 3. The fourth-order valence-corrected chi connectivity index (χ4v) is 5.87. The highest BCUT2D eigenvalue weighted by atomic mass is 16.6. The molecule has 2 aliphatic rings. The Morgan fingerprint density at radius 1 is 0.577 bits per heavy atom. The lowest BCUT2D eigenvalue weighted by molar-refractivity contribution is -0.0318. The predicted molar refractivity (Wildman–Crippen MR) is 196 cm³/mol. The summed E-state index contributed by atoms with van der Waals surface area (Å²) < 4.78 is 55.8. The number of nitrogens with zero attached hydrogens (tertiary/aromatic N) is 1. The molecule has 13 nitrogen and oxygen atoms in total. The molecule has 0 aromatic heterocycles. The Hall–Kier alpha value is -2.69. The molecule has 1 fully saturated rings. The van der Waals surface area contributed by atoms with Gasteiger partial charge in [-0.25, -0.2) is 4.79 Å². The lowest BCUT2D eigenvalue weighted by atomic mass is 9.98. The van der Waals surface area contributed by atoms with Crippen molar-refractivity contribution in [3.63, 3.8) is 0 Å². The molecule has 2 aromatic carbocycles. The normalized spacial score (nSPS) is 14.4. The largest absolute Gasteiger partial charge is 0.448 e. The van der Waals surface area contributed by atoms with Gasteiger partial charge in [0.05, 0.1) is 118 Å². The first-order valence-corrected chi connectivity index (χ1v) is 18.7. The van der Waals surface area contributed by atoms with Crippen molar-refractivity contribution < 1.29 is 52.2 Å². The number of piperidine rings is 1. The molecule has 1 amide bonds. The first-order valence-electron chi connectivity index (χ1n) is 18.7. The third-order valence-corrected chi connectivity index (χ3v) is 8.69. The lowest BCUT2D eigenvalue weighted by Crippen LogP contribution is -2.33. The number of carbonyl (C=O) groups is 1. The molecule has 0 spiro atoms. The Morgan fingerprint density at radius 2 is 0.962 bits per heavy atom. The van der Waals surface area contributed by atoms with Gasteiger partial charge < -0.3 is 57.6 Å². The van der Waals surface area contributed by atoms with E-state index in [2.05, 4.69) is 29.6 Å². The van der Waals surface area contributed by atoms with E-state index in [1.54, 1.807) is 7.05 Å². The molecule has 0 radical (unpaired) electrons. The van der Waals surface area contributed by atoms with Crippen LogP contribution in [0.15, 0.2) is 48.5 Å². The zero-order valence-electron chi connectivity index (χ0n) is 31.0. The maximum absolute atomic E-state index is 12.6. The van der Waals surface area contributed by atoms with Gasteiger partial charge in [0.1, 0.15) is 6.61 Å². The van der Waals surface area contributed by atoms with Crippen LogP contribution in [0.1, 0.15) is 29.9 Å². The fraction of sp³-hybridized carbons (Fsp3) is 0.667. The molecule has 1 aliphatic carbocycles. The van der Waals surface area contributed by atoms with Gasteiger partial charge in [-0.2, -0.15) is 0 Å². The Kier molecular flexibility index (Phi) is 21.8. The van der Waals surface area contributed by atoms with Crippen LogP contribution in [-0.2, 0) is 47.4 Å². The highest BCUT2D eigenvalue weighted by molar-refractivity contribution is 5.79. The zero-order chi connectivity index (χ0) is 36.3. The van der Waals surface area contributed by atoms with Gasteiger partial charge in [-0.3, -0.25) is 0 Å². The minimum Gasteiger partial charge on any atom is -0.448 e. The molecule has 2 aromatic rings. The molecule has 52 heavy (non-hydrogen) atoms. The van der Waals surface area contributed by atoms with Gasteiger partial charge in [-0.1, -0.05) is 48.5 Å². The molecule has 1 saturated heterocycles. The van der Waals surface area contributed by atoms with Crippen LogP contribution >= 0.6 is 0 Å². The van der Waals surface area contributed by atoms with Crippen LogP contribution in [0, 0.1) is 0 Å². The molecule has 1 aliphatic heterocycles. The third kappa shape index (κ3) is 16.5. The lowest BCUT2D eigenvalue weighted by Gasteiger charge is -2.22. The van der Waals surface area contributed by atoms with Crippen LogP contribution in [0.4, 0.5) is 4.79 Å². The molecule has 292 valence electrons. The Balaban J connectivity index is 0.824. The minimum atomic E-state index is -0.361. The van der Waals surface area contributed by atoms with Crippen molar-refractivity contribution in [1.82, 2.24) is 10.2 Å². The van der Waals surface area contributed by atoms with Gasteiger partial charge in [0.2, 0.25) is 0 Å². The highest BCUT2D eigenvalue weighted by Crippen LogP contribution is 2.44. The van der Waals surface area contributed by atoms with Crippen molar-refractivity contribution in [1.29, 1.82) is 0 Å². The van der Waals surface area contributed by atoms with E-state index in [-0.39, 0.29) is 12.0 Å². The van der Waals surface area contributed by atoms with Crippen LogP contribution in [0.25, 0.3) is 11.1 Å². The van der Waals surface area contributed by atoms with Gasteiger partial charge >= 0.3 is 6.09 Å². The minimum absolute atomic E-state index is 0.0418. The summed E-state index contributed by atoms with van der Waals surface area (Å²) in [5.41, 5.74) is 4.81. The summed E-state index contributed by atoms with van der Waals surface area (Å²) in [7, 11) is 1.72. The third-order valence-electron chi connectivity index (χ3n) is 8.69. The van der Waals surface area contributed by atoms with E-state index in [4.69, 9.17) is 47.4 Å². The van der Waals surface area contributed by atoms with Gasteiger partial charge in [0.15, 0.2) is 0 Å². The van der Waals surface area contributed by atoms with Crippen molar-refractivity contribution in [2.45, 2.75) is 24.9 Å². The van der Waals surface area contributed by atoms with Crippen molar-refractivity contribution in [2.75, 3.05) is 146 Å². The number of likely N-dealkylation sites (N-methyl/N-ethyl adjacent to an activating group) is 1. The van der Waals surface area contributed by atoms with E-state index in [1.807, 2.05) is 24.3 Å². The summed E-state index contributed by atoms with van der Waals surface area (Å²) in [5.74, 6) is 0.0418. The molecular weight excluding hydrogens is 672 g/mol.